The van der Waals surface area contributed by atoms with Gasteiger partial charge in [-0.05, 0) is 55.3 Å². The fourth-order valence-corrected chi connectivity index (χ4v) is 4.62. The molecule has 1 atom stereocenters. The molecule has 0 saturated heterocycles. The van der Waals surface area contributed by atoms with Crippen molar-refractivity contribution in [2.24, 2.45) is 0 Å². The third kappa shape index (κ3) is 4.48. The summed E-state index contributed by atoms with van der Waals surface area (Å²) in [6.45, 7) is 8.47. The van der Waals surface area contributed by atoms with Gasteiger partial charge < -0.3 is 18.8 Å². The minimum absolute atomic E-state index is 0.0360. The smallest absolute Gasteiger partial charge is 0.291 e. The summed E-state index contributed by atoms with van der Waals surface area (Å²) in [5, 5.41) is 0.0877. The van der Waals surface area contributed by atoms with Crippen molar-refractivity contribution in [1.29, 1.82) is 0 Å². The lowest BCUT2D eigenvalue weighted by Gasteiger charge is -2.26. The Kier molecular flexibility index (Phi) is 6.53. The molecule has 0 saturated carbocycles. The first-order valence-corrected chi connectivity index (χ1v) is 12.0. The first-order chi connectivity index (χ1) is 17.9. The number of hydrogen-bond donors (Lipinski definition) is 0. The number of halogens is 1. The molecule has 1 aromatic heterocycles. The van der Waals surface area contributed by atoms with Gasteiger partial charge in [-0.2, -0.15) is 0 Å². The van der Waals surface area contributed by atoms with Crippen LogP contribution in [-0.4, -0.2) is 24.0 Å². The van der Waals surface area contributed by atoms with E-state index in [1.54, 1.807) is 29.2 Å². The Hall–Kier alpha value is -4.39. The SMILES string of the molecule is C=CCOc1ccc(C2c3c(oc4ccc(F)cc4c3=O)C(=O)N2Cc2ccc(C)cc2)cc1OCC. The second-order valence-electron chi connectivity index (χ2n) is 8.87. The highest BCUT2D eigenvalue weighted by atomic mass is 19.1. The minimum Gasteiger partial charge on any atom is -0.490 e. The maximum absolute atomic E-state index is 14.1. The van der Waals surface area contributed by atoms with Crippen LogP contribution in [0, 0.1) is 12.7 Å². The van der Waals surface area contributed by atoms with Crippen molar-refractivity contribution in [3.63, 3.8) is 0 Å². The number of benzene rings is 3. The maximum atomic E-state index is 14.1. The Morgan fingerprint density at radius 2 is 1.81 bits per heavy atom. The van der Waals surface area contributed by atoms with E-state index in [2.05, 4.69) is 6.58 Å². The van der Waals surface area contributed by atoms with Gasteiger partial charge in [-0.25, -0.2) is 4.39 Å². The van der Waals surface area contributed by atoms with Gasteiger partial charge in [0, 0.05) is 6.54 Å². The van der Waals surface area contributed by atoms with E-state index in [0.29, 0.717) is 30.3 Å². The van der Waals surface area contributed by atoms with Gasteiger partial charge in [-0.15, -0.1) is 0 Å². The molecule has 7 heteroatoms. The molecule has 188 valence electrons. The van der Waals surface area contributed by atoms with E-state index in [1.165, 1.54) is 12.1 Å². The molecule has 6 nitrogen and oxygen atoms in total. The van der Waals surface area contributed by atoms with Gasteiger partial charge >= 0.3 is 0 Å². The number of fused-ring (bicyclic) bond motifs is 2. The van der Waals surface area contributed by atoms with Crippen LogP contribution < -0.4 is 14.9 Å². The Balaban J connectivity index is 1.69. The van der Waals surface area contributed by atoms with Crippen LogP contribution in [-0.2, 0) is 6.54 Å². The predicted molar refractivity (Wildman–Crippen MR) is 139 cm³/mol. The quantitative estimate of drug-likeness (QED) is 0.280. The number of carbonyl (C=O) groups is 1. The van der Waals surface area contributed by atoms with E-state index in [1.807, 2.05) is 38.1 Å². The molecule has 1 aliphatic rings. The largest absolute Gasteiger partial charge is 0.490 e. The molecule has 37 heavy (non-hydrogen) atoms. The van der Waals surface area contributed by atoms with Crippen molar-refractivity contribution in [2.75, 3.05) is 13.2 Å². The topological polar surface area (TPSA) is 69.0 Å². The zero-order valence-corrected chi connectivity index (χ0v) is 20.6. The zero-order valence-electron chi connectivity index (χ0n) is 20.6. The Morgan fingerprint density at radius 3 is 2.54 bits per heavy atom. The monoisotopic (exact) mass is 499 g/mol. The number of carbonyl (C=O) groups excluding carboxylic acids is 1. The van der Waals surface area contributed by atoms with Crippen LogP contribution in [0.3, 0.4) is 0 Å². The second kappa shape index (κ2) is 9.93. The lowest BCUT2D eigenvalue weighted by atomic mass is 9.97. The standard InChI is InChI=1S/C30H26FNO5/c1-4-14-36-24-12-10-20(15-25(24)35-5-2)27-26-28(33)22-16-21(31)11-13-23(22)37-29(26)30(34)32(27)17-19-8-6-18(3)7-9-19/h4,6-13,15-16,27H,1,5,14,17H2,2-3H3. The lowest BCUT2D eigenvalue weighted by Crippen LogP contribution is -2.29. The minimum atomic E-state index is -0.764. The first-order valence-electron chi connectivity index (χ1n) is 12.0. The molecule has 0 radical (unpaired) electrons. The number of ether oxygens (including phenoxy) is 2. The molecular formula is C30H26FNO5. The van der Waals surface area contributed by atoms with E-state index in [0.717, 1.165) is 17.2 Å². The van der Waals surface area contributed by atoms with Crippen LogP contribution in [0.15, 0.2) is 82.5 Å². The summed E-state index contributed by atoms with van der Waals surface area (Å²) in [4.78, 5) is 29.0. The van der Waals surface area contributed by atoms with E-state index in [4.69, 9.17) is 13.9 Å². The van der Waals surface area contributed by atoms with Crippen LogP contribution in [0.25, 0.3) is 11.0 Å². The number of amides is 1. The molecule has 0 fully saturated rings. The summed E-state index contributed by atoms with van der Waals surface area (Å²) in [5.41, 5.74) is 2.55. The summed E-state index contributed by atoms with van der Waals surface area (Å²) in [7, 11) is 0. The number of rotatable bonds is 8. The summed E-state index contributed by atoms with van der Waals surface area (Å²) in [6.07, 6.45) is 1.63. The lowest BCUT2D eigenvalue weighted by molar-refractivity contribution is 0.0714. The van der Waals surface area contributed by atoms with Crippen molar-refractivity contribution in [2.45, 2.75) is 26.4 Å². The highest BCUT2D eigenvalue weighted by molar-refractivity contribution is 5.99. The molecule has 5 rings (SSSR count). The molecule has 2 heterocycles. The maximum Gasteiger partial charge on any atom is 0.291 e. The number of aryl methyl sites for hydroxylation is 1. The summed E-state index contributed by atoms with van der Waals surface area (Å²) >= 11 is 0. The van der Waals surface area contributed by atoms with Crippen LogP contribution in [0.4, 0.5) is 4.39 Å². The van der Waals surface area contributed by atoms with Gasteiger partial charge in [0.25, 0.3) is 5.91 Å². The molecule has 0 spiro atoms. The molecule has 1 unspecified atom stereocenters. The third-order valence-electron chi connectivity index (χ3n) is 6.34. The average Bonchev–Trinajstić information content (AvgIpc) is 3.16. The van der Waals surface area contributed by atoms with E-state index in [-0.39, 0.29) is 28.8 Å². The molecule has 4 aromatic rings. The van der Waals surface area contributed by atoms with Gasteiger partial charge in [-0.1, -0.05) is 48.6 Å². The zero-order chi connectivity index (χ0) is 26.1. The summed E-state index contributed by atoms with van der Waals surface area (Å²) < 4.78 is 31.5. The van der Waals surface area contributed by atoms with E-state index in [9.17, 15) is 14.0 Å². The van der Waals surface area contributed by atoms with Crippen molar-refractivity contribution in [1.82, 2.24) is 4.90 Å². The predicted octanol–water partition coefficient (Wildman–Crippen LogP) is 5.95. The molecule has 0 N–H and O–H groups in total. The van der Waals surface area contributed by atoms with Gasteiger partial charge in [0.05, 0.1) is 23.6 Å². The van der Waals surface area contributed by atoms with E-state index < -0.39 is 23.2 Å². The van der Waals surface area contributed by atoms with Crippen molar-refractivity contribution in [3.8, 4) is 11.5 Å². The number of hydrogen-bond acceptors (Lipinski definition) is 5. The third-order valence-corrected chi connectivity index (χ3v) is 6.34. The van der Waals surface area contributed by atoms with E-state index >= 15 is 0 Å². The van der Waals surface area contributed by atoms with Gasteiger partial charge in [0.15, 0.2) is 16.9 Å². The highest BCUT2D eigenvalue weighted by Gasteiger charge is 2.43. The van der Waals surface area contributed by atoms with Crippen molar-refractivity contribution in [3.05, 3.63) is 117 Å². The fraction of sp³-hybridized carbons (Fsp3) is 0.200. The van der Waals surface area contributed by atoms with Gasteiger partial charge in [0.1, 0.15) is 18.0 Å². The molecule has 3 aromatic carbocycles. The Labute approximate surface area is 213 Å². The molecule has 1 amide bonds. The summed E-state index contributed by atoms with van der Waals surface area (Å²) in [5.74, 6) is 0.00139. The fourth-order valence-electron chi connectivity index (χ4n) is 4.62. The van der Waals surface area contributed by atoms with Crippen LogP contribution in [0.2, 0.25) is 0 Å². The normalized spacial score (nSPS) is 14.6. The Bertz CT molecular complexity index is 1560. The molecular weight excluding hydrogens is 473 g/mol. The van der Waals surface area contributed by atoms with Crippen LogP contribution in [0.5, 0.6) is 11.5 Å². The Morgan fingerprint density at radius 1 is 1.03 bits per heavy atom. The average molecular weight is 500 g/mol. The van der Waals surface area contributed by atoms with Crippen molar-refractivity contribution >= 4 is 16.9 Å². The highest BCUT2D eigenvalue weighted by Crippen LogP contribution is 2.41. The molecule has 0 bridgehead atoms. The first kappa shape index (κ1) is 24.3. The van der Waals surface area contributed by atoms with Gasteiger partial charge in [-0.3, -0.25) is 9.59 Å². The van der Waals surface area contributed by atoms with Gasteiger partial charge in [0.2, 0.25) is 5.76 Å². The number of nitrogens with zero attached hydrogens (tertiary/aromatic N) is 1. The molecule has 1 aliphatic heterocycles. The van der Waals surface area contributed by atoms with Crippen molar-refractivity contribution < 1.29 is 23.1 Å². The van der Waals surface area contributed by atoms with Crippen LogP contribution >= 0.6 is 0 Å². The summed E-state index contributed by atoms with van der Waals surface area (Å²) in [6, 6.07) is 16.1. The van der Waals surface area contributed by atoms with Crippen LogP contribution in [0.1, 0.15) is 45.8 Å². The molecule has 0 aliphatic carbocycles. The second-order valence-corrected chi connectivity index (χ2v) is 8.87.